The Balaban J connectivity index is 1.79. The lowest BCUT2D eigenvalue weighted by Crippen LogP contribution is -2.41. The van der Waals surface area contributed by atoms with Crippen LogP contribution in [0.4, 0.5) is 20.2 Å². The minimum Gasteiger partial charge on any atom is -0.355 e. The summed E-state index contributed by atoms with van der Waals surface area (Å²) in [4.78, 5) is 18.4. The first-order valence-corrected chi connectivity index (χ1v) is 10.3. The second-order valence-corrected chi connectivity index (χ2v) is 8.56. The van der Waals surface area contributed by atoms with Crippen LogP contribution in [0.3, 0.4) is 0 Å². The minimum atomic E-state index is -3.12. The molecule has 1 fully saturated rings. The monoisotopic (exact) mass is 395 g/mol. The lowest BCUT2D eigenvalue weighted by Gasteiger charge is -2.26. The van der Waals surface area contributed by atoms with Gasteiger partial charge in [0.05, 0.1) is 11.5 Å². The molecule has 1 saturated heterocycles. The van der Waals surface area contributed by atoms with Gasteiger partial charge in [-0.15, -0.1) is 0 Å². The van der Waals surface area contributed by atoms with E-state index in [4.69, 9.17) is 0 Å². The Morgan fingerprint density at radius 3 is 2.59 bits per heavy atom. The molecule has 1 amide bonds. The molecule has 2 aromatic rings. The number of benzene rings is 1. The number of rotatable bonds is 5. The molecule has 144 valence electrons. The minimum absolute atomic E-state index is 0.0423. The molecule has 0 radical (unpaired) electrons. The molecule has 1 atom stereocenters. The molecule has 2 heterocycles. The van der Waals surface area contributed by atoms with E-state index in [2.05, 4.69) is 10.3 Å². The molecule has 1 N–H and O–H groups in total. The fourth-order valence-electron chi connectivity index (χ4n) is 3.10. The van der Waals surface area contributed by atoms with Crippen molar-refractivity contribution in [3.05, 3.63) is 53.9 Å². The van der Waals surface area contributed by atoms with E-state index in [-0.39, 0.29) is 29.1 Å². The lowest BCUT2D eigenvalue weighted by atomic mass is 10.2. The van der Waals surface area contributed by atoms with Crippen LogP contribution < -0.4 is 5.32 Å². The molecule has 3 rings (SSSR count). The van der Waals surface area contributed by atoms with Gasteiger partial charge in [0.1, 0.15) is 5.69 Å². The van der Waals surface area contributed by atoms with Crippen molar-refractivity contribution in [1.82, 2.24) is 9.88 Å². The quantitative estimate of drug-likeness (QED) is 0.842. The Hall–Kier alpha value is -2.55. The van der Waals surface area contributed by atoms with Gasteiger partial charge in [-0.2, -0.15) is 0 Å². The molecule has 9 heteroatoms. The van der Waals surface area contributed by atoms with Gasteiger partial charge in [0, 0.05) is 36.2 Å². The largest absolute Gasteiger partial charge is 0.355 e. The van der Waals surface area contributed by atoms with Crippen LogP contribution in [0, 0.1) is 11.6 Å². The first kappa shape index (κ1) is 19.2. The van der Waals surface area contributed by atoms with Gasteiger partial charge < -0.3 is 10.2 Å². The number of nitrogens with zero attached hydrogens (tertiary/aromatic N) is 2. The summed E-state index contributed by atoms with van der Waals surface area (Å²) < 4.78 is 49.8. The van der Waals surface area contributed by atoms with Gasteiger partial charge in [-0.1, -0.05) is 0 Å². The van der Waals surface area contributed by atoms with E-state index in [0.29, 0.717) is 24.3 Å². The highest BCUT2D eigenvalue weighted by Crippen LogP contribution is 2.22. The molecule has 1 aromatic heterocycles. The highest BCUT2D eigenvalue weighted by Gasteiger charge is 2.34. The molecule has 0 bridgehead atoms. The third kappa shape index (κ3) is 4.41. The Morgan fingerprint density at radius 1 is 1.22 bits per heavy atom. The van der Waals surface area contributed by atoms with Gasteiger partial charge in [0.2, 0.25) is 0 Å². The number of amides is 1. The van der Waals surface area contributed by atoms with Gasteiger partial charge >= 0.3 is 0 Å². The molecular weight excluding hydrogens is 376 g/mol. The summed E-state index contributed by atoms with van der Waals surface area (Å²) in [5, 5.41) is 2.89. The second-order valence-electron chi connectivity index (χ2n) is 6.33. The van der Waals surface area contributed by atoms with Gasteiger partial charge in [0.25, 0.3) is 5.91 Å². The van der Waals surface area contributed by atoms with E-state index in [9.17, 15) is 22.0 Å². The van der Waals surface area contributed by atoms with E-state index in [1.165, 1.54) is 23.2 Å². The Kier molecular flexibility index (Phi) is 5.41. The maximum absolute atomic E-state index is 13.3. The van der Waals surface area contributed by atoms with Crippen molar-refractivity contribution in [1.29, 1.82) is 0 Å². The number of carbonyl (C=O) groups is 1. The van der Waals surface area contributed by atoms with Gasteiger partial charge in [0.15, 0.2) is 21.5 Å². The number of sulfone groups is 1. The van der Waals surface area contributed by atoms with E-state index in [1.807, 2.05) is 0 Å². The zero-order chi connectivity index (χ0) is 19.6. The fraction of sp³-hybridized carbons (Fsp3) is 0.333. The number of aromatic nitrogens is 1. The smallest absolute Gasteiger partial charge is 0.272 e. The number of halogens is 2. The third-order valence-corrected chi connectivity index (χ3v) is 6.19. The summed E-state index contributed by atoms with van der Waals surface area (Å²) >= 11 is 0. The van der Waals surface area contributed by atoms with Crippen LogP contribution in [-0.2, 0) is 9.84 Å². The molecule has 0 spiro atoms. The normalized spacial score (nSPS) is 18.3. The average Bonchev–Trinajstić information content (AvgIpc) is 2.98. The third-order valence-electron chi connectivity index (χ3n) is 4.44. The Morgan fingerprint density at radius 2 is 1.96 bits per heavy atom. The van der Waals surface area contributed by atoms with E-state index in [1.54, 1.807) is 13.0 Å². The van der Waals surface area contributed by atoms with Crippen molar-refractivity contribution in [3.63, 3.8) is 0 Å². The van der Waals surface area contributed by atoms with E-state index in [0.717, 1.165) is 12.1 Å². The van der Waals surface area contributed by atoms with Crippen molar-refractivity contribution >= 4 is 27.1 Å². The highest BCUT2D eigenvalue weighted by atomic mass is 32.2. The maximum Gasteiger partial charge on any atom is 0.272 e. The number of hydrogen-bond donors (Lipinski definition) is 1. The summed E-state index contributed by atoms with van der Waals surface area (Å²) in [5.74, 6) is -2.26. The maximum atomic E-state index is 13.3. The predicted octanol–water partition coefficient (Wildman–Crippen LogP) is 2.75. The van der Waals surface area contributed by atoms with E-state index < -0.39 is 21.5 Å². The van der Waals surface area contributed by atoms with Crippen molar-refractivity contribution in [2.24, 2.45) is 0 Å². The summed E-state index contributed by atoms with van der Waals surface area (Å²) in [6, 6.07) is 6.12. The number of hydrogen-bond acceptors (Lipinski definition) is 5. The number of nitrogens with one attached hydrogen (secondary N) is 1. The summed E-state index contributed by atoms with van der Waals surface area (Å²) in [5.41, 5.74) is 0.955. The number of anilines is 2. The van der Waals surface area contributed by atoms with Gasteiger partial charge in [-0.05, 0) is 37.6 Å². The van der Waals surface area contributed by atoms with Crippen LogP contribution in [-0.4, -0.2) is 48.3 Å². The Labute approximate surface area is 156 Å². The highest BCUT2D eigenvalue weighted by molar-refractivity contribution is 7.91. The fourth-order valence-corrected chi connectivity index (χ4v) is 4.83. The molecular formula is C18H19F2N3O3S. The number of pyridine rings is 1. The molecule has 0 aliphatic carbocycles. The molecule has 1 aliphatic rings. The topological polar surface area (TPSA) is 79.4 Å². The molecule has 1 unspecified atom stereocenters. The van der Waals surface area contributed by atoms with Crippen molar-refractivity contribution in [2.75, 3.05) is 23.4 Å². The zero-order valence-corrected chi connectivity index (χ0v) is 15.5. The molecule has 0 saturated carbocycles. The van der Waals surface area contributed by atoms with Crippen molar-refractivity contribution in [2.45, 2.75) is 19.4 Å². The van der Waals surface area contributed by atoms with Crippen molar-refractivity contribution in [3.8, 4) is 0 Å². The van der Waals surface area contributed by atoms with Crippen LogP contribution >= 0.6 is 0 Å². The van der Waals surface area contributed by atoms with Gasteiger partial charge in [-0.25, -0.2) is 17.2 Å². The molecule has 6 nitrogen and oxygen atoms in total. The molecule has 27 heavy (non-hydrogen) atoms. The van der Waals surface area contributed by atoms with Gasteiger partial charge in [-0.3, -0.25) is 9.78 Å². The van der Waals surface area contributed by atoms with Crippen LogP contribution in [0.5, 0.6) is 0 Å². The number of carbonyl (C=O) groups excluding carboxylic acids is 1. The lowest BCUT2D eigenvalue weighted by molar-refractivity contribution is 0.0702. The molecule has 1 aromatic carbocycles. The SMILES string of the molecule is CCN(C(=O)c1cc(Nc2ccc(F)c(F)c2)ccn1)C1CCS(=O)(=O)C1. The van der Waals surface area contributed by atoms with Crippen LogP contribution in [0.25, 0.3) is 0 Å². The van der Waals surface area contributed by atoms with E-state index >= 15 is 0 Å². The summed E-state index contributed by atoms with van der Waals surface area (Å²) in [6.45, 7) is 2.15. The zero-order valence-electron chi connectivity index (χ0n) is 14.7. The average molecular weight is 395 g/mol. The molecule has 1 aliphatic heterocycles. The van der Waals surface area contributed by atoms with Crippen LogP contribution in [0.1, 0.15) is 23.8 Å². The Bertz CT molecular complexity index is 966. The first-order valence-electron chi connectivity index (χ1n) is 8.48. The van der Waals surface area contributed by atoms with Crippen LogP contribution in [0.2, 0.25) is 0 Å². The summed E-state index contributed by atoms with van der Waals surface area (Å²) in [6.07, 6.45) is 1.84. The predicted molar refractivity (Wildman–Crippen MR) is 97.6 cm³/mol. The standard InChI is InChI=1S/C18H19F2N3O3S/c1-2-23(14-6-8-27(25,26)11-14)18(24)17-10-13(5-7-21-17)22-12-3-4-15(19)16(20)9-12/h3-5,7,9-10,14H,2,6,8,11H2,1H3,(H,21,22). The summed E-state index contributed by atoms with van der Waals surface area (Å²) in [7, 11) is -3.12. The second kappa shape index (κ2) is 7.59. The van der Waals surface area contributed by atoms with Crippen molar-refractivity contribution < 1.29 is 22.0 Å². The first-order chi connectivity index (χ1) is 12.8. The van der Waals surface area contributed by atoms with Crippen LogP contribution in [0.15, 0.2) is 36.5 Å².